The van der Waals surface area contributed by atoms with Gasteiger partial charge in [0.15, 0.2) is 5.76 Å². The molecule has 2 aromatic rings. The molecule has 1 amide bonds. The monoisotopic (exact) mass is 361 g/mol. The van der Waals surface area contributed by atoms with Gasteiger partial charge in [-0.15, -0.1) is 11.3 Å². The highest BCUT2D eigenvalue weighted by atomic mass is 32.1. The molecule has 0 bridgehead atoms. The molecule has 0 atom stereocenters. The lowest BCUT2D eigenvalue weighted by molar-refractivity contribution is 0.0622. The van der Waals surface area contributed by atoms with E-state index in [4.69, 9.17) is 4.52 Å². The molecule has 0 spiro atoms. The minimum absolute atomic E-state index is 0.192. The summed E-state index contributed by atoms with van der Waals surface area (Å²) in [5, 5.41) is 3.93. The predicted octanol–water partition coefficient (Wildman–Crippen LogP) is 3.52. The van der Waals surface area contributed by atoms with Crippen molar-refractivity contribution >= 4 is 17.2 Å². The van der Waals surface area contributed by atoms with Crippen molar-refractivity contribution in [1.29, 1.82) is 0 Å². The van der Waals surface area contributed by atoms with Crippen molar-refractivity contribution in [2.24, 2.45) is 0 Å². The minimum atomic E-state index is 0.192. The molecule has 1 fully saturated rings. The maximum atomic E-state index is 12.8. The second-order valence-corrected chi connectivity index (χ2v) is 7.80. The molecule has 1 saturated heterocycles. The maximum Gasteiger partial charge on any atom is 0.264 e. The number of carbonyl (C=O) groups is 1. The lowest BCUT2D eigenvalue weighted by Gasteiger charge is -2.33. The number of carbonyl (C=O) groups excluding carboxylic acids is 1. The number of nitrogens with zero attached hydrogens (tertiary/aromatic N) is 3. The summed E-state index contributed by atoms with van der Waals surface area (Å²) in [6.07, 6.45) is 3.20. The van der Waals surface area contributed by atoms with Gasteiger partial charge in [-0.05, 0) is 31.4 Å². The van der Waals surface area contributed by atoms with Gasteiger partial charge in [0.25, 0.3) is 5.91 Å². The Kier molecular flexibility index (Phi) is 5.91. The molecule has 0 aliphatic carbocycles. The Labute approximate surface area is 153 Å². The highest BCUT2D eigenvalue weighted by Gasteiger charge is 2.24. The highest BCUT2D eigenvalue weighted by molar-refractivity contribution is 7.14. The van der Waals surface area contributed by atoms with Crippen LogP contribution in [0.15, 0.2) is 16.7 Å². The molecule has 136 valence electrons. The van der Waals surface area contributed by atoms with Crippen LogP contribution in [-0.4, -0.2) is 47.0 Å². The molecule has 1 aliphatic rings. The van der Waals surface area contributed by atoms with Crippen LogP contribution in [0.5, 0.6) is 0 Å². The van der Waals surface area contributed by atoms with Crippen LogP contribution in [0.3, 0.4) is 0 Å². The van der Waals surface area contributed by atoms with Crippen molar-refractivity contribution in [3.05, 3.63) is 38.9 Å². The summed E-state index contributed by atoms with van der Waals surface area (Å²) in [6, 6.07) is 4.09. The van der Waals surface area contributed by atoms with Crippen molar-refractivity contribution < 1.29 is 9.32 Å². The van der Waals surface area contributed by atoms with Gasteiger partial charge >= 0.3 is 0 Å². The van der Waals surface area contributed by atoms with E-state index in [1.807, 2.05) is 17.9 Å². The second kappa shape index (κ2) is 8.15. The molecule has 1 aliphatic heterocycles. The fourth-order valence-corrected chi connectivity index (χ4v) is 4.61. The molecule has 0 radical (unpaired) electrons. The molecule has 0 aromatic carbocycles. The molecule has 0 saturated carbocycles. The van der Waals surface area contributed by atoms with E-state index in [0.717, 1.165) is 68.3 Å². The molecule has 0 N–H and O–H groups in total. The Bertz CT molecular complexity index is 714. The van der Waals surface area contributed by atoms with Crippen molar-refractivity contribution in [2.75, 3.05) is 26.2 Å². The zero-order valence-corrected chi connectivity index (χ0v) is 16.2. The minimum Gasteiger partial charge on any atom is -0.360 e. The Morgan fingerprint density at radius 3 is 2.60 bits per heavy atom. The van der Waals surface area contributed by atoms with Crippen molar-refractivity contribution in [3.8, 4) is 0 Å². The van der Waals surface area contributed by atoms with E-state index in [1.165, 1.54) is 10.4 Å². The smallest absolute Gasteiger partial charge is 0.264 e. The zero-order valence-electron chi connectivity index (χ0n) is 15.4. The van der Waals surface area contributed by atoms with Gasteiger partial charge in [0.2, 0.25) is 0 Å². The first kappa shape index (κ1) is 18.1. The first-order valence-electron chi connectivity index (χ1n) is 9.16. The lowest BCUT2D eigenvalue weighted by atomic mass is 10.1. The van der Waals surface area contributed by atoms with E-state index in [1.54, 1.807) is 11.3 Å². The summed E-state index contributed by atoms with van der Waals surface area (Å²) >= 11 is 1.69. The lowest BCUT2D eigenvalue weighted by Crippen LogP contribution is -2.48. The largest absolute Gasteiger partial charge is 0.360 e. The molecular formula is C19H27N3O2S. The summed E-state index contributed by atoms with van der Waals surface area (Å²) in [5.74, 6) is 1.09. The normalized spacial score (nSPS) is 15.7. The van der Waals surface area contributed by atoms with Crippen molar-refractivity contribution in [1.82, 2.24) is 15.0 Å². The molecule has 25 heavy (non-hydrogen) atoms. The Morgan fingerprint density at radius 1 is 1.24 bits per heavy atom. The summed E-state index contributed by atoms with van der Waals surface area (Å²) in [5.41, 5.74) is 2.26. The van der Waals surface area contributed by atoms with Crippen LogP contribution in [0.25, 0.3) is 0 Å². The fourth-order valence-electron chi connectivity index (χ4n) is 3.29. The number of amides is 1. The van der Waals surface area contributed by atoms with Crippen LogP contribution in [0.2, 0.25) is 0 Å². The van der Waals surface area contributed by atoms with Gasteiger partial charge in [-0.1, -0.05) is 25.4 Å². The number of hydrogen-bond donors (Lipinski definition) is 0. The average molecular weight is 362 g/mol. The number of rotatable bonds is 6. The van der Waals surface area contributed by atoms with E-state index in [9.17, 15) is 4.79 Å². The Balaban J connectivity index is 1.57. The van der Waals surface area contributed by atoms with Gasteiger partial charge in [0.1, 0.15) is 0 Å². The van der Waals surface area contributed by atoms with E-state index >= 15 is 0 Å². The third-order valence-corrected chi connectivity index (χ3v) is 5.91. The van der Waals surface area contributed by atoms with Gasteiger partial charge in [-0.25, -0.2) is 0 Å². The van der Waals surface area contributed by atoms with Crippen LogP contribution in [0, 0.1) is 6.92 Å². The first-order chi connectivity index (χ1) is 12.1. The van der Waals surface area contributed by atoms with E-state index < -0.39 is 0 Å². The summed E-state index contributed by atoms with van der Waals surface area (Å²) < 4.78 is 5.29. The zero-order chi connectivity index (χ0) is 17.8. The Morgan fingerprint density at radius 2 is 2.00 bits per heavy atom. The average Bonchev–Trinajstić information content (AvgIpc) is 3.21. The number of hydrogen-bond acceptors (Lipinski definition) is 5. The number of aryl methyl sites for hydroxylation is 3. The van der Waals surface area contributed by atoms with Crippen LogP contribution in [-0.2, 0) is 19.4 Å². The topological polar surface area (TPSA) is 49.6 Å². The van der Waals surface area contributed by atoms with Crippen LogP contribution >= 0.6 is 11.3 Å². The summed E-state index contributed by atoms with van der Waals surface area (Å²) in [7, 11) is 0. The van der Waals surface area contributed by atoms with E-state index in [2.05, 4.69) is 30.0 Å². The summed E-state index contributed by atoms with van der Waals surface area (Å²) in [4.78, 5) is 19.4. The van der Waals surface area contributed by atoms with Crippen LogP contribution in [0.4, 0.5) is 0 Å². The number of piperazine rings is 1. The van der Waals surface area contributed by atoms with E-state index in [0.29, 0.717) is 0 Å². The van der Waals surface area contributed by atoms with Crippen molar-refractivity contribution in [3.63, 3.8) is 0 Å². The standard InChI is InChI=1S/C19H27N3O2S/c1-4-6-17-15(5-2)12-18(25-17)19(23)22-9-7-21(8-10-22)13-16-11-14(3)20-24-16/h11-12H,4-10,13H2,1-3H3. The maximum absolute atomic E-state index is 12.8. The SMILES string of the molecule is CCCc1sc(C(=O)N2CCN(Cc3cc(C)no3)CC2)cc1CC. The van der Waals surface area contributed by atoms with E-state index in [-0.39, 0.29) is 5.91 Å². The molecular weight excluding hydrogens is 334 g/mol. The van der Waals surface area contributed by atoms with Gasteiger partial charge in [0.05, 0.1) is 17.1 Å². The van der Waals surface area contributed by atoms with Gasteiger partial charge in [-0.3, -0.25) is 9.69 Å². The van der Waals surface area contributed by atoms with Gasteiger partial charge in [0, 0.05) is 37.1 Å². The third-order valence-electron chi connectivity index (χ3n) is 4.68. The number of thiophene rings is 1. The van der Waals surface area contributed by atoms with Crippen LogP contribution in [0.1, 0.15) is 51.8 Å². The molecule has 6 heteroatoms. The molecule has 2 aromatic heterocycles. The van der Waals surface area contributed by atoms with Crippen molar-refractivity contribution in [2.45, 2.75) is 46.6 Å². The first-order valence-corrected chi connectivity index (χ1v) is 9.97. The predicted molar refractivity (Wildman–Crippen MR) is 100 cm³/mol. The highest BCUT2D eigenvalue weighted by Crippen LogP contribution is 2.26. The molecule has 3 heterocycles. The Hall–Kier alpha value is -1.66. The second-order valence-electron chi connectivity index (χ2n) is 6.67. The quantitative estimate of drug-likeness (QED) is 0.790. The molecule has 3 rings (SSSR count). The van der Waals surface area contributed by atoms with Gasteiger partial charge in [-0.2, -0.15) is 0 Å². The third kappa shape index (κ3) is 4.30. The van der Waals surface area contributed by atoms with Gasteiger partial charge < -0.3 is 9.42 Å². The van der Waals surface area contributed by atoms with Crippen LogP contribution < -0.4 is 0 Å². The molecule has 0 unspecified atom stereocenters. The fraction of sp³-hybridized carbons (Fsp3) is 0.579. The molecule has 5 nitrogen and oxygen atoms in total. The summed E-state index contributed by atoms with van der Waals surface area (Å²) in [6.45, 7) is 10.3. The number of aromatic nitrogens is 1.